The highest BCUT2D eigenvalue weighted by molar-refractivity contribution is 5.19. The molecular formula is C14H23NO. The standard InChI is InChI=1S/C8H12O.C6H11N/c1-7-3-5-8(9-2)6-4-7;1-3-5-6-7-4-2/h3,5H,4,6H2,1-2H3;3-5,7H,2,6H2,1H3/b;5-3-. The molecule has 0 aliphatic heterocycles. The number of hydrogen-bond acceptors (Lipinski definition) is 2. The number of nitrogens with one attached hydrogen (secondary N) is 1. The Kier molecular flexibility index (Phi) is 9.18. The van der Waals surface area contributed by atoms with Crippen LogP contribution in [0.3, 0.4) is 0 Å². The molecule has 1 N–H and O–H groups in total. The summed E-state index contributed by atoms with van der Waals surface area (Å²) < 4.78 is 5.06. The van der Waals surface area contributed by atoms with Crippen LogP contribution in [0, 0.1) is 0 Å². The van der Waals surface area contributed by atoms with Crippen molar-refractivity contribution in [1.29, 1.82) is 0 Å². The van der Waals surface area contributed by atoms with Crippen molar-refractivity contribution >= 4 is 0 Å². The Bertz CT molecular complexity index is 274. The molecule has 90 valence electrons. The van der Waals surface area contributed by atoms with Crippen LogP contribution in [0.4, 0.5) is 0 Å². The molecule has 0 bridgehead atoms. The minimum atomic E-state index is 0.889. The monoisotopic (exact) mass is 221 g/mol. The minimum Gasteiger partial charge on any atom is -0.501 e. The number of allylic oxidation sites excluding steroid dienone is 5. The second-order valence-corrected chi connectivity index (χ2v) is 3.53. The van der Waals surface area contributed by atoms with Gasteiger partial charge in [0.25, 0.3) is 0 Å². The Labute approximate surface area is 99.4 Å². The molecule has 16 heavy (non-hydrogen) atoms. The van der Waals surface area contributed by atoms with Gasteiger partial charge in [0.05, 0.1) is 12.9 Å². The molecule has 0 heterocycles. The molecule has 0 aromatic carbocycles. The van der Waals surface area contributed by atoms with Crippen LogP contribution in [-0.4, -0.2) is 13.7 Å². The van der Waals surface area contributed by atoms with E-state index in [1.54, 1.807) is 13.3 Å². The van der Waals surface area contributed by atoms with Gasteiger partial charge in [-0.3, -0.25) is 0 Å². The van der Waals surface area contributed by atoms with Crippen LogP contribution in [0.5, 0.6) is 0 Å². The highest BCUT2D eigenvalue weighted by Gasteiger charge is 2.00. The molecule has 2 heteroatoms. The Morgan fingerprint density at radius 2 is 2.19 bits per heavy atom. The quantitative estimate of drug-likeness (QED) is 0.579. The molecule has 0 aromatic heterocycles. The zero-order chi connectivity index (χ0) is 12.2. The molecule has 0 atom stereocenters. The minimum absolute atomic E-state index is 0.889. The van der Waals surface area contributed by atoms with Crippen LogP contribution in [0.2, 0.25) is 0 Å². The van der Waals surface area contributed by atoms with Crippen LogP contribution < -0.4 is 5.32 Å². The van der Waals surface area contributed by atoms with E-state index in [0.29, 0.717) is 0 Å². The van der Waals surface area contributed by atoms with Gasteiger partial charge in [-0.1, -0.05) is 30.4 Å². The maximum Gasteiger partial charge on any atom is 0.0958 e. The number of methoxy groups -OCH3 is 1. The lowest BCUT2D eigenvalue weighted by Crippen LogP contribution is -2.01. The van der Waals surface area contributed by atoms with Gasteiger partial charge in [0.2, 0.25) is 0 Å². The summed E-state index contributed by atoms with van der Waals surface area (Å²) in [4.78, 5) is 0. The molecular weight excluding hydrogens is 198 g/mol. The summed E-state index contributed by atoms with van der Waals surface area (Å²) in [5.41, 5.74) is 1.44. The largest absolute Gasteiger partial charge is 0.501 e. The third-order valence-corrected chi connectivity index (χ3v) is 2.20. The topological polar surface area (TPSA) is 21.3 Å². The summed E-state index contributed by atoms with van der Waals surface area (Å²) >= 11 is 0. The summed E-state index contributed by atoms with van der Waals surface area (Å²) in [6.07, 6.45) is 12.1. The van der Waals surface area contributed by atoms with Gasteiger partial charge in [0.15, 0.2) is 0 Å². The molecule has 0 fully saturated rings. The highest BCUT2D eigenvalue weighted by Crippen LogP contribution is 2.17. The summed E-state index contributed by atoms with van der Waals surface area (Å²) in [6.45, 7) is 8.51. The number of rotatable bonds is 4. The van der Waals surface area contributed by atoms with Gasteiger partial charge in [0, 0.05) is 13.0 Å². The molecule has 1 rings (SSSR count). The van der Waals surface area contributed by atoms with Crippen molar-refractivity contribution in [3.05, 3.63) is 48.4 Å². The first kappa shape index (κ1) is 14.6. The van der Waals surface area contributed by atoms with E-state index in [9.17, 15) is 0 Å². The predicted molar refractivity (Wildman–Crippen MR) is 71.1 cm³/mol. The smallest absolute Gasteiger partial charge is 0.0958 e. The fourth-order valence-corrected chi connectivity index (χ4v) is 1.16. The molecule has 0 spiro atoms. The van der Waals surface area contributed by atoms with Crippen LogP contribution in [0.25, 0.3) is 0 Å². The highest BCUT2D eigenvalue weighted by atomic mass is 16.5. The van der Waals surface area contributed by atoms with Crippen LogP contribution in [0.1, 0.15) is 26.7 Å². The predicted octanol–water partition coefficient (Wildman–Crippen LogP) is 3.55. The summed E-state index contributed by atoms with van der Waals surface area (Å²) in [5, 5.41) is 2.93. The van der Waals surface area contributed by atoms with Crippen molar-refractivity contribution in [3.8, 4) is 0 Å². The molecule has 0 amide bonds. The number of ether oxygens (including phenoxy) is 1. The van der Waals surface area contributed by atoms with E-state index in [0.717, 1.165) is 25.1 Å². The Hall–Kier alpha value is -1.44. The number of hydrogen-bond donors (Lipinski definition) is 1. The second kappa shape index (κ2) is 10.1. The first-order valence-electron chi connectivity index (χ1n) is 5.60. The SMILES string of the molecule is C=CNC/C=C\C.COC1=CC=C(C)CC1. The summed E-state index contributed by atoms with van der Waals surface area (Å²) in [6, 6.07) is 0. The van der Waals surface area contributed by atoms with Crippen molar-refractivity contribution in [2.24, 2.45) is 0 Å². The van der Waals surface area contributed by atoms with Gasteiger partial charge < -0.3 is 10.1 Å². The first-order valence-corrected chi connectivity index (χ1v) is 5.60. The van der Waals surface area contributed by atoms with Gasteiger partial charge in [-0.2, -0.15) is 0 Å². The first-order chi connectivity index (χ1) is 7.74. The molecule has 1 aliphatic rings. The molecule has 0 saturated carbocycles. The van der Waals surface area contributed by atoms with E-state index < -0.39 is 0 Å². The zero-order valence-electron chi connectivity index (χ0n) is 10.6. The third-order valence-electron chi connectivity index (χ3n) is 2.20. The second-order valence-electron chi connectivity index (χ2n) is 3.53. The Balaban J connectivity index is 0.000000293. The van der Waals surface area contributed by atoms with Gasteiger partial charge in [-0.15, -0.1) is 0 Å². The third kappa shape index (κ3) is 7.92. The van der Waals surface area contributed by atoms with E-state index in [1.165, 1.54) is 5.57 Å². The van der Waals surface area contributed by atoms with E-state index in [-0.39, 0.29) is 0 Å². The van der Waals surface area contributed by atoms with Gasteiger partial charge >= 0.3 is 0 Å². The lowest BCUT2D eigenvalue weighted by Gasteiger charge is -2.09. The van der Waals surface area contributed by atoms with Crippen molar-refractivity contribution in [2.75, 3.05) is 13.7 Å². The average Bonchev–Trinajstić information content (AvgIpc) is 2.32. The lowest BCUT2D eigenvalue weighted by molar-refractivity contribution is 0.275. The van der Waals surface area contributed by atoms with Crippen LogP contribution in [0.15, 0.2) is 48.4 Å². The Morgan fingerprint density at radius 1 is 1.44 bits per heavy atom. The van der Waals surface area contributed by atoms with Crippen molar-refractivity contribution in [3.63, 3.8) is 0 Å². The molecule has 1 aliphatic carbocycles. The fourth-order valence-electron chi connectivity index (χ4n) is 1.16. The lowest BCUT2D eigenvalue weighted by atomic mass is 10.1. The summed E-state index contributed by atoms with van der Waals surface area (Å²) in [7, 11) is 1.72. The van der Waals surface area contributed by atoms with E-state index >= 15 is 0 Å². The molecule has 0 radical (unpaired) electrons. The average molecular weight is 221 g/mol. The zero-order valence-corrected chi connectivity index (χ0v) is 10.6. The van der Waals surface area contributed by atoms with Gasteiger partial charge in [-0.05, 0) is 32.5 Å². The van der Waals surface area contributed by atoms with Crippen LogP contribution in [-0.2, 0) is 4.74 Å². The fraction of sp³-hybridized carbons (Fsp3) is 0.429. The normalized spacial score (nSPS) is 14.4. The van der Waals surface area contributed by atoms with Crippen molar-refractivity contribution < 1.29 is 4.74 Å². The molecule has 0 unspecified atom stereocenters. The van der Waals surface area contributed by atoms with E-state index in [2.05, 4.69) is 24.9 Å². The van der Waals surface area contributed by atoms with Crippen molar-refractivity contribution in [2.45, 2.75) is 26.7 Å². The van der Waals surface area contributed by atoms with Gasteiger partial charge in [-0.25, -0.2) is 0 Å². The summed E-state index contributed by atoms with van der Waals surface area (Å²) in [5.74, 6) is 1.10. The van der Waals surface area contributed by atoms with Crippen LogP contribution >= 0.6 is 0 Å². The Morgan fingerprint density at radius 3 is 2.62 bits per heavy atom. The van der Waals surface area contributed by atoms with Crippen molar-refractivity contribution in [1.82, 2.24) is 5.32 Å². The molecule has 0 aromatic rings. The maximum atomic E-state index is 5.06. The van der Waals surface area contributed by atoms with E-state index in [1.807, 2.05) is 25.2 Å². The van der Waals surface area contributed by atoms with Gasteiger partial charge in [0.1, 0.15) is 0 Å². The molecule has 2 nitrogen and oxygen atoms in total. The van der Waals surface area contributed by atoms with E-state index in [4.69, 9.17) is 4.74 Å². The maximum absolute atomic E-state index is 5.06. The molecule has 0 saturated heterocycles.